The zero-order valence-corrected chi connectivity index (χ0v) is 16.7. The fraction of sp³-hybridized carbons (Fsp3) is 0.625. The fourth-order valence-electron chi connectivity index (χ4n) is 3.44. The van der Waals surface area contributed by atoms with Gasteiger partial charge < -0.3 is 10.1 Å². The van der Waals surface area contributed by atoms with Crippen LogP contribution in [0, 0.1) is 10.1 Å². The third-order valence-electron chi connectivity index (χ3n) is 4.92. The summed E-state index contributed by atoms with van der Waals surface area (Å²) in [5.41, 5.74) is 0.473. The monoisotopic (exact) mass is 447 g/mol. The van der Waals surface area contributed by atoms with E-state index in [4.69, 9.17) is 4.74 Å². The molecule has 1 aromatic carbocycles. The highest BCUT2D eigenvalue weighted by molar-refractivity contribution is 9.10. The van der Waals surface area contributed by atoms with Gasteiger partial charge in [-0.05, 0) is 37.8 Å². The average Bonchev–Trinajstić information content (AvgIpc) is 2.64. The predicted octanol–water partition coefficient (Wildman–Crippen LogP) is 2.74. The van der Waals surface area contributed by atoms with Crippen LogP contribution in [0.15, 0.2) is 22.7 Å². The first-order valence-electron chi connectivity index (χ1n) is 8.65. The van der Waals surface area contributed by atoms with Gasteiger partial charge in [-0.15, -0.1) is 0 Å². The Morgan fingerprint density at radius 2 is 1.85 bits per heavy atom. The number of benzene rings is 1. The number of hydrogen-bond donors (Lipinski definition) is 1. The first-order chi connectivity index (χ1) is 12.4. The van der Waals surface area contributed by atoms with Crippen LogP contribution in [0.1, 0.15) is 25.7 Å². The molecule has 0 radical (unpaired) electrons. The number of nitro benzene ring substituents is 1. The lowest BCUT2D eigenvalue weighted by atomic mass is 10.1. The Morgan fingerprint density at radius 3 is 2.46 bits per heavy atom. The Morgan fingerprint density at radius 1 is 1.19 bits per heavy atom. The lowest BCUT2D eigenvalue weighted by molar-refractivity contribution is -0.384. The topological polar surface area (TPSA) is 102 Å². The Kier molecular flexibility index (Phi) is 6.16. The van der Waals surface area contributed by atoms with E-state index in [2.05, 4.69) is 21.2 Å². The summed E-state index contributed by atoms with van der Waals surface area (Å²) < 4.78 is 32.9. The molecule has 2 aliphatic heterocycles. The molecule has 0 saturated carbocycles. The summed E-state index contributed by atoms with van der Waals surface area (Å²) in [6.45, 7) is 1.85. The Balaban J connectivity index is 1.61. The molecule has 26 heavy (non-hydrogen) atoms. The van der Waals surface area contributed by atoms with E-state index in [9.17, 15) is 18.5 Å². The molecule has 1 N–H and O–H groups in total. The van der Waals surface area contributed by atoms with Gasteiger partial charge in [0.1, 0.15) is 5.69 Å². The Hall–Kier alpha value is -1.23. The van der Waals surface area contributed by atoms with Crippen molar-refractivity contribution in [2.45, 2.75) is 37.0 Å². The van der Waals surface area contributed by atoms with Crippen LogP contribution >= 0.6 is 15.9 Å². The molecule has 1 aromatic rings. The van der Waals surface area contributed by atoms with Crippen LogP contribution < -0.4 is 5.32 Å². The lowest BCUT2D eigenvalue weighted by Gasteiger charge is -2.35. The third kappa shape index (κ3) is 4.36. The molecule has 2 fully saturated rings. The van der Waals surface area contributed by atoms with Crippen LogP contribution in [0.4, 0.5) is 11.4 Å². The first-order valence-corrected chi connectivity index (χ1v) is 10.9. The molecule has 0 amide bonds. The number of rotatable bonds is 5. The SMILES string of the molecule is O=[N+]([O-])c1cc(Br)ccc1NC1CCN(S(=O)(=O)C2CCOCC2)CC1. The van der Waals surface area contributed by atoms with Gasteiger partial charge in [0.05, 0.1) is 10.2 Å². The highest BCUT2D eigenvalue weighted by atomic mass is 79.9. The van der Waals surface area contributed by atoms with Gasteiger partial charge in [-0.25, -0.2) is 12.7 Å². The minimum atomic E-state index is -3.30. The van der Waals surface area contributed by atoms with E-state index >= 15 is 0 Å². The highest BCUT2D eigenvalue weighted by Gasteiger charge is 2.35. The summed E-state index contributed by atoms with van der Waals surface area (Å²) in [6, 6.07) is 4.90. The number of sulfonamides is 1. The van der Waals surface area contributed by atoms with Crippen LogP contribution in [0.5, 0.6) is 0 Å². The molecule has 0 bridgehead atoms. The molecule has 2 saturated heterocycles. The molecule has 8 nitrogen and oxygen atoms in total. The summed E-state index contributed by atoms with van der Waals surface area (Å²) in [6.07, 6.45) is 2.34. The smallest absolute Gasteiger partial charge is 0.293 e. The van der Waals surface area contributed by atoms with Crippen LogP contribution in [0.2, 0.25) is 0 Å². The number of nitro groups is 1. The van der Waals surface area contributed by atoms with Crippen molar-refractivity contribution in [2.24, 2.45) is 0 Å². The van der Waals surface area contributed by atoms with Crippen LogP contribution in [0.25, 0.3) is 0 Å². The van der Waals surface area contributed by atoms with Gasteiger partial charge in [-0.2, -0.15) is 0 Å². The van der Waals surface area contributed by atoms with Crippen molar-refractivity contribution in [3.63, 3.8) is 0 Å². The Bertz CT molecular complexity index is 759. The molecule has 2 heterocycles. The Labute approximate surface area is 161 Å². The zero-order valence-electron chi connectivity index (χ0n) is 14.3. The predicted molar refractivity (Wildman–Crippen MR) is 102 cm³/mol. The summed E-state index contributed by atoms with van der Waals surface area (Å²) >= 11 is 3.24. The molecule has 3 rings (SSSR count). The van der Waals surface area contributed by atoms with Crippen molar-refractivity contribution in [3.8, 4) is 0 Å². The average molecular weight is 448 g/mol. The van der Waals surface area contributed by atoms with Crippen molar-refractivity contribution in [1.29, 1.82) is 0 Å². The normalized spacial score (nSPS) is 20.8. The van der Waals surface area contributed by atoms with Gasteiger partial charge >= 0.3 is 0 Å². The molecular formula is C16H22BrN3O5S. The second-order valence-corrected chi connectivity index (χ2v) is 9.72. The van der Waals surface area contributed by atoms with Gasteiger partial charge in [0.2, 0.25) is 10.0 Å². The molecular weight excluding hydrogens is 426 g/mol. The van der Waals surface area contributed by atoms with Crippen LogP contribution in [-0.2, 0) is 14.8 Å². The van der Waals surface area contributed by atoms with E-state index in [1.807, 2.05) is 0 Å². The van der Waals surface area contributed by atoms with E-state index in [0.29, 0.717) is 62.1 Å². The van der Waals surface area contributed by atoms with Crippen molar-refractivity contribution in [1.82, 2.24) is 4.31 Å². The number of ether oxygens (including phenoxy) is 1. The first kappa shape index (κ1) is 19.5. The van der Waals surface area contributed by atoms with Crippen molar-refractivity contribution in [2.75, 3.05) is 31.6 Å². The number of anilines is 1. The van der Waals surface area contributed by atoms with E-state index in [-0.39, 0.29) is 17.0 Å². The van der Waals surface area contributed by atoms with Crippen molar-refractivity contribution >= 4 is 37.3 Å². The molecule has 0 atom stereocenters. The van der Waals surface area contributed by atoms with E-state index in [1.165, 1.54) is 6.07 Å². The summed E-state index contributed by atoms with van der Waals surface area (Å²) in [7, 11) is -3.30. The number of nitrogens with zero attached hydrogens (tertiary/aromatic N) is 2. The number of halogens is 1. The third-order valence-corrected chi connectivity index (χ3v) is 7.81. The minimum absolute atomic E-state index is 0.0102. The number of piperidine rings is 1. The molecule has 10 heteroatoms. The van der Waals surface area contributed by atoms with Crippen molar-refractivity contribution < 1.29 is 18.1 Å². The molecule has 0 spiro atoms. The summed E-state index contributed by atoms with van der Waals surface area (Å²) in [5.74, 6) is 0. The van der Waals surface area contributed by atoms with Gasteiger partial charge in [0.25, 0.3) is 5.69 Å². The van der Waals surface area contributed by atoms with E-state index in [1.54, 1.807) is 16.4 Å². The standard InChI is InChI=1S/C16H22BrN3O5S/c17-12-1-2-15(16(11-12)20(21)22)18-13-3-7-19(8-4-13)26(23,24)14-5-9-25-10-6-14/h1-2,11,13-14,18H,3-10H2. The second kappa shape index (κ2) is 8.20. The van der Waals surface area contributed by atoms with Gasteiger partial charge in [0.15, 0.2) is 0 Å². The van der Waals surface area contributed by atoms with Crippen molar-refractivity contribution in [3.05, 3.63) is 32.8 Å². The second-order valence-electron chi connectivity index (χ2n) is 6.59. The van der Waals surface area contributed by atoms with Gasteiger partial charge in [-0.1, -0.05) is 15.9 Å². The summed E-state index contributed by atoms with van der Waals surface area (Å²) in [4.78, 5) is 10.8. The quantitative estimate of drug-likeness (QED) is 0.549. The summed E-state index contributed by atoms with van der Waals surface area (Å²) in [5, 5.41) is 14.1. The van der Waals surface area contributed by atoms with Crippen LogP contribution in [0.3, 0.4) is 0 Å². The maximum atomic E-state index is 12.7. The molecule has 0 aliphatic carbocycles. The zero-order chi connectivity index (χ0) is 18.7. The fourth-order valence-corrected chi connectivity index (χ4v) is 5.72. The highest BCUT2D eigenvalue weighted by Crippen LogP contribution is 2.30. The molecule has 0 unspecified atom stereocenters. The van der Waals surface area contributed by atoms with E-state index < -0.39 is 14.9 Å². The maximum absolute atomic E-state index is 12.7. The van der Waals surface area contributed by atoms with Crippen LogP contribution in [-0.4, -0.2) is 55.2 Å². The molecule has 144 valence electrons. The molecule has 0 aromatic heterocycles. The molecule has 2 aliphatic rings. The largest absolute Gasteiger partial charge is 0.381 e. The number of hydrogen-bond acceptors (Lipinski definition) is 6. The van der Waals surface area contributed by atoms with Gasteiger partial charge in [0, 0.05) is 42.9 Å². The van der Waals surface area contributed by atoms with E-state index in [0.717, 1.165) is 0 Å². The lowest BCUT2D eigenvalue weighted by Crippen LogP contribution is -2.47. The van der Waals surface area contributed by atoms with Gasteiger partial charge in [-0.3, -0.25) is 10.1 Å². The maximum Gasteiger partial charge on any atom is 0.293 e. The number of nitrogens with one attached hydrogen (secondary N) is 1. The minimum Gasteiger partial charge on any atom is -0.381 e.